The van der Waals surface area contributed by atoms with E-state index < -0.39 is 20.6 Å². The lowest BCUT2D eigenvalue weighted by molar-refractivity contribution is -0.131. The molecule has 0 aliphatic rings. The molecule has 0 saturated heterocycles. The molecule has 0 saturated carbocycles. The monoisotopic (exact) mass is 456 g/mol. The fraction of sp³-hybridized carbons (Fsp3) is 0.609. The Hall–Kier alpha value is -1.74. The number of halogens is 1. The number of unbranched alkanes of at least 4 members (excludes halogenated alkanes) is 5. The van der Waals surface area contributed by atoms with Gasteiger partial charge in [-0.25, -0.2) is 9.18 Å². The van der Waals surface area contributed by atoms with E-state index in [0.29, 0.717) is 32.0 Å². The van der Waals surface area contributed by atoms with Crippen LogP contribution in [0, 0.1) is 5.82 Å². The fourth-order valence-electron chi connectivity index (χ4n) is 3.24. The average Bonchev–Trinajstić information content (AvgIpc) is 2.72. The third-order valence-corrected chi connectivity index (χ3v) is 7.75. The van der Waals surface area contributed by atoms with Gasteiger partial charge in [0.05, 0.1) is 6.61 Å². The van der Waals surface area contributed by atoms with Gasteiger partial charge in [0.15, 0.2) is 11.6 Å². The first-order chi connectivity index (χ1) is 15.0. The number of benzene rings is 1. The van der Waals surface area contributed by atoms with Crippen molar-refractivity contribution in [2.75, 3.05) is 26.4 Å². The maximum absolute atomic E-state index is 14.0. The van der Waals surface area contributed by atoms with Crippen LogP contribution in [-0.2, 0) is 18.1 Å². The van der Waals surface area contributed by atoms with Crippen molar-refractivity contribution in [3.63, 3.8) is 0 Å². The quantitative estimate of drug-likeness (QED) is 0.174. The molecule has 0 fully saturated rings. The average molecular weight is 457 g/mol. The van der Waals surface area contributed by atoms with Crippen LogP contribution in [0.2, 0.25) is 6.04 Å². The second-order valence-electron chi connectivity index (χ2n) is 7.06. The number of carbonyl (C=O) groups is 1. The van der Waals surface area contributed by atoms with Crippen LogP contribution in [0.3, 0.4) is 0 Å². The topological polar surface area (TPSA) is 74.2 Å². The van der Waals surface area contributed by atoms with Crippen molar-refractivity contribution in [1.82, 2.24) is 0 Å². The van der Waals surface area contributed by atoms with E-state index in [4.69, 9.17) is 23.1 Å². The molecule has 1 aromatic rings. The number of aliphatic carboxylic acids is 1. The Morgan fingerprint density at radius 3 is 2.10 bits per heavy atom. The van der Waals surface area contributed by atoms with E-state index >= 15 is 0 Å². The maximum Gasteiger partial charge on any atom is 0.500 e. The van der Waals surface area contributed by atoms with Gasteiger partial charge in [0.1, 0.15) is 0 Å². The summed E-state index contributed by atoms with van der Waals surface area (Å²) in [6, 6.07) is 5.28. The van der Waals surface area contributed by atoms with Gasteiger partial charge in [-0.2, -0.15) is 0 Å². The van der Waals surface area contributed by atoms with Crippen molar-refractivity contribution >= 4 is 20.8 Å². The van der Waals surface area contributed by atoms with Crippen molar-refractivity contribution in [2.45, 2.75) is 65.3 Å². The minimum Gasteiger partial charge on any atom is -0.491 e. The predicted molar refractivity (Wildman–Crippen MR) is 122 cm³/mol. The van der Waals surface area contributed by atoms with Crippen molar-refractivity contribution in [1.29, 1.82) is 0 Å². The van der Waals surface area contributed by atoms with E-state index in [1.54, 1.807) is 6.07 Å². The van der Waals surface area contributed by atoms with Gasteiger partial charge < -0.3 is 23.1 Å². The highest BCUT2D eigenvalue weighted by Gasteiger charge is 2.39. The molecule has 176 valence electrons. The van der Waals surface area contributed by atoms with Crippen LogP contribution in [0.15, 0.2) is 24.3 Å². The molecule has 1 rings (SSSR count). The number of hydrogen-bond donors (Lipinski definition) is 1. The lowest BCUT2D eigenvalue weighted by atomic mass is 10.1. The van der Waals surface area contributed by atoms with Crippen LogP contribution < -0.4 is 4.74 Å². The Labute approximate surface area is 186 Å². The summed E-state index contributed by atoms with van der Waals surface area (Å²) in [5, 5.41) is 8.61. The first-order valence-electron chi connectivity index (χ1n) is 11.2. The Balaban J connectivity index is 2.22. The van der Waals surface area contributed by atoms with Gasteiger partial charge in [-0.3, -0.25) is 0 Å². The van der Waals surface area contributed by atoms with Crippen molar-refractivity contribution in [2.24, 2.45) is 0 Å². The molecular formula is C23H37FO6Si. The SMILES string of the molecule is CCO[Si](CCCCCCCCOc1ccc(C=CC(=O)O)cc1F)(OCC)OCC. The second-order valence-corrected chi connectivity index (χ2v) is 9.80. The van der Waals surface area contributed by atoms with Gasteiger partial charge in [0, 0.05) is 31.9 Å². The standard InChI is InChI=1S/C23H37FO6Si/c1-4-28-31(29-5-2,30-6-3)18-12-10-8-7-9-11-17-27-22-15-13-20(19-21(22)24)14-16-23(25)26/h13-16,19H,4-12,17-18H2,1-3H3,(H,25,26). The largest absolute Gasteiger partial charge is 0.500 e. The van der Waals surface area contributed by atoms with Crippen LogP contribution in [0.1, 0.15) is 64.9 Å². The van der Waals surface area contributed by atoms with Crippen molar-refractivity contribution in [3.05, 3.63) is 35.7 Å². The fourth-order valence-corrected chi connectivity index (χ4v) is 5.92. The third kappa shape index (κ3) is 11.4. The van der Waals surface area contributed by atoms with E-state index in [-0.39, 0.29) is 5.75 Å². The van der Waals surface area contributed by atoms with Crippen LogP contribution in [0.4, 0.5) is 4.39 Å². The van der Waals surface area contributed by atoms with Crippen LogP contribution in [0.25, 0.3) is 6.08 Å². The van der Waals surface area contributed by atoms with Crippen molar-refractivity contribution in [3.8, 4) is 5.75 Å². The normalized spacial score (nSPS) is 11.9. The molecular weight excluding hydrogens is 419 g/mol. The summed E-state index contributed by atoms with van der Waals surface area (Å²) in [4.78, 5) is 10.5. The lowest BCUT2D eigenvalue weighted by Gasteiger charge is -2.28. The minimum absolute atomic E-state index is 0.191. The summed E-state index contributed by atoms with van der Waals surface area (Å²) in [6.45, 7) is 8.18. The smallest absolute Gasteiger partial charge is 0.491 e. The molecule has 0 amide bonds. The molecule has 0 heterocycles. The van der Waals surface area contributed by atoms with Crippen LogP contribution >= 0.6 is 0 Å². The summed E-state index contributed by atoms with van der Waals surface area (Å²) in [5.41, 5.74) is 0.484. The summed E-state index contributed by atoms with van der Waals surface area (Å²) in [5.74, 6) is -1.37. The van der Waals surface area contributed by atoms with Gasteiger partial charge in [-0.1, -0.05) is 31.7 Å². The molecule has 1 N–H and O–H groups in total. The number of carboxylic acid groups (broad SMARTS) is 1. The highest BCUT2D eigenvalue weighted by Crippen LogP contribution is 2.22. The minimum atomic E-state index is -2.52. The van der Waals surface area contributed by atoms with E-state index in [0.717, 1.165) is 50.6 Å². The van der Waals surface area contributed by atoms with Gasteiger partial charge >= 0.3 is 14.8 Å². The molecule has 0 radical (unpaired) electrons. The van der Waals surface area contributed by atoms with E-state index in [2.05, 4.69) is 0 Å². The Morgan fingerprint density at radius 1 is 0.968 bits per heavy atom. The zero-order valence-electron chi connectivity index (χ0n) is 19.0. The Bertz CT molecular complexity index is 650. The lowest BCUT2D eigenvalue weighted by Crippen LogP contribution is -2.45. The van der Waals surface area contributed by atoms with E-state index in [1.807, 2.05) is 20.8 Å². The molecule has 0 aliphatic carbocycles. The molecule has 0 aliphatic heterocycles. The first kappa shape index (κ1) is 27.3. The zero-order valence-corrected chi connectivity index (χ0v) is 20.0. The molecule has 8 heteroatoms. The number of ether oxygens (including phenoxy) is 1. The second kappa shape index (κ2) is 16.0. The molecule has 0 unspecified atom stereocenters. The van der Waals surface area contributed by atoms with Crippen LogP contribution in [0.5, 0.6) is 5.75 Å². The zero-order chi connectivity index (χ0) is 23.0. The van der Waals surface area contributed by atoms with Gasteiger partial charge in [-0.15, -0.1) is 0 Å². The first-order valence-corrected chi connectivity index (χ1v) is 13.1. The molecule has 31 heavy (non-hydrogen) atoms. The number of hydrogen-bond acceptors (Lipinski definition) is 5. The van der Waals surface area contributed by atoms with Crippen molar-refractivity contribution < 1.29 is 32.3 Å². The number of carboxylic acids is 1. The summed E-state index contributed by atoms with van der Waals surface area (Å²) in [7, 11) is -2.52. The molecule has 0 aromatic heterocycles. The highest BCUT2D eigenvalue weighted by molar-refractivity contribution is 6.60. The van der Waals surface area contributed by atoms with E-state index in [1.165, 1.54) is 18.2 Å². The van der Waals surface area contributed by atoms with Gasteiger partial charge in [0.25, 0.3) is 0 Å². The summed E-state index contributed by atoms with van der Waals surface area (Å²) < 4.78 is 37.1. The van der Waals surface area contributed by atoms with E-state index in [9.17, 15) is 9.18 Å². The molecule has 1 aromatic carbocycles. The number of rotatable bonds is 18. The molecule has 6 nitrogen and oxygen atoms in total. The predicted octanol–water partition coefficient (Wildman–Crippen LogP) is 5.69. The maximum atomic E-state index is 14.0. The molecule has 0 atom stereocenters. The Morgan fingerprint density at radius 2 is 1.55 bits per heavy atom. The summed E-state index contributed by atoms with van der Waals surface area (Å²) in [6.07, 6.45) is 8.53. The van der Waals surface area contributed by atoms with Gasteiger partial charge in [0.2, 0.25) is 0 Å². The Kier molecular flexibility index (Phi) is 14.1. The molecule has 0 bridgehead atoms. The molecule has 0 spiro atoms. The van der Waals surface area contributed by atoms with Crippen LogP contribution in [-0.4, -0.2) is 46.3 Å². The van der Waals surface area contributed by atoms with Gasteiger partial charge in [-0.05, 0) is 57.4 Å². The third-order valence-electron chi connectivity index (χ3n) is 4.60. The highest BCUT2D eigenvalue weighted by atomic mass is 28.4. The summed E-state index contributed by atoms with van der Waals surface area (Å²) >= 11 is 0.